The van der Waals surface area contributed by atoms with Crippen molar-refractivity contribution in [3.05, 3.63) is 174 Å². The topological polar surface area (TPSA) is 63.8 Å². The van der Waals surface area contributed by atoms with Crippen LogP contribution >= 0.6 is 0 Å². The molecule has 10 aromatic rings. The number of aliphatic imine (C=N–C) groups is 1. The minimum atomic E-state index is -0.129. The van der Waals surface area contributed by atoms with Gasteiger partial charge < -0.3 is 18.6 Å². The van der Waals surface area contributed by atoms with Crippen LogP contribution in [0.4, 0.5) is 0 Å². The molecular weight excluding hydrogens is 641 g/mol. The van der Waals surface area contributed by atoms with Crippen LogP contribution in [0.25, 0.3) is 82.6 Å². The van der Waals surface area contributed by atoms with E-state index in [4.69, 9.17) is 18.2 Å². The van der Waals surface area contributed by atoms with Crippen molar-refractivity contribution in [3.8, 4) is 11.1 Å². The summed E-state index contributed by atoms with van der Waals surface area (Å²) in [6.07, 6.45) is 0. The Morgan fingerprint density at radius 1 is 0.481 bits per heavy atom. The zero-order valence-electron chi connectivity index (χ0n) is 28.2. The number of hydrogen-bond donors (Lipinski definition) is 1. The summed E-state index contributed by atoms with van der Waals surface area (Å²) >= 11 is 0. The lowest BCUT2D eigenvalue weighted by Crippen LogP contribution is -2.33. The van der Waals surface area contributed by atoms with Crippen molar-refractivity contribution in [1.82, 2.24) is 5.32 Å². The summed E-state index contributed by atoms with van der Waals surface area (Å²) in [7, 11) is 0. The molecule has 1 unspecified atom stereocenters. The predicted molar refractivity (Wildman–Crippen MR) is 212 cm³/mol. The van der Waals surface area contributed by atoms with Crippen LogP contribution in [-0.2, 0) is 0 Å². The zero-order valence-corrected chi connectivity index (χ0v) is 28.2. The fourth-order valence-corrected chi connectivity index (χ4v) is 8.10. The van der Waals surface area contributed by atoms with Crippen LogP contribution in [0.5, 0.6) is 0 Å². The number of hydrogen-bond acceptors (Lipinski definition) is 5. The molecule has 0 bridgehead atoms. The largest absolute Gasteiger partial charge is 0.456 e. The van der Waals surface area contributed by atoms with E-state index in [9.17, 15) is 0 Å². The predicted octanol–water partition coefficient (Wildman–Crippen LogP) is 12.6. The summed E-state index contributed by atoms with van der Waals surface area (Å²) in [6, 6.07) is 52.2. The maximum atomic E-state index is 6.79. The first kappa shape index (κ1) is 28.9. The third-order valence-electron chi connectivity index (χ3n) is 10.6. The van der Waals surface area contributed by atoms with E-state index >= 15 is 0 Å². The zero-order chi connectivity index (χ0) is 34.3. The van der Waals surface area contributed by atoms with Gasteiger partial charge in [-0.15, -0.1) is 0 Å². The minimum Gasteiger partial charge on any atom is -0.456 e. The monoisotopic (exact) mass is 670 g/mol. The third kappa shape index (κ3) is 4.26. The van der Waals surface area contributed by atoms with E-state index in [-0.39, 0.29) is 6.04 Å². The second kappa shape index (κ2) is 11.1. The summed E-state index contributed by atoms with van der Waals surface area (Å²) in [5.74, 6) is 0.824. The molecule has 1 aliphatic heterocycles. The molecule has 0 saturated heterocycles. The van der Waals surface area contributed by atoms with Gasteiger partial charge in [0.05, 0.1) is 11.7 Å². The van der Waals surface area contributed by atoms with E-state index in [2.05, 4.69) is 134 Å². The number of fused-ring (bicyclic) bond motifs is 9. The second-order valence-electron chi connectivity index (χ2n) is 13.5. The van der Waals surface area contributed by atoms with Gasteiger partial charge in [0.2, 0.25) is 0 Å². The molecule has 0 amide bonds. The number of nitrogens with one attached hydrogen (secondary N) is 1. The van der Waals surface area contributed by atoms with Crippen LogP contribution in [0, 0.1) is 0 Å². The van der Waals surface area contributed by atoms with Crippen molar-refractivity contribution in [2.75, 3.05) is 0 Å². The summed E-state index contributed by atoms with van der Waals surface area (Å²) in [6.45, 7) is 2.19. The van der Waals surface area contributed by atoms with E-state index in [1.165, 1.54) is 0 Å². The highest BCUT2D eigenvalue weighted by Gasteiger charge is 2.28. The van der Waals surface area contributed by atoms with Gasteiger partial charge >= 0.3 is 0 Å². The van der Waals surface area contributed by atoms with Crippen LogP contribution < -0.4 is 5.32 Å². The van der Waals surface area contributed by atoms with Crippen molar-refractivity contribution in [2.24, 2.45) is 4.99 Å². The van der Waals surface area contributed by atoms with Crippen molar-refractivity contribution < 1.29 is 13.3 Å². The van der Waals surface area contributed by atoms with E-state index in [1.807, 2.05) is 30.3 Å². The van der Waals surface area contributed by atoms with Crippen molar-refractivity contribution in [3.63, 3.8) is 0 Å². The molecule has 0 radical (unpaired) electrons. The highest BCUT2D eigenvalue weighted by molar-refractivity contribution is 6.17. The molecule has 0 fully saturated rings. The smallest absolute Gasteiger partial charge is 0.143 e. The molecule has 11 rings (SSSR count). The Morgan fingerprint density at radius 3 is 1.87 bits per heavy atom. The summed E-state index contributed by atoms with van der Waals surface area (Å²) in [4.78, 5) is 5.37. The molecule has 1 atom stereocenters. The van der Waals surface area contributed by atoms with Gasteiger partial charge in [-0.2, -0.15) is 0 Å². The fraction of sp³-hybridized carbons (Fsp3) is 0.0426. The third-order valence-corrected chi connectivity index (χ3v) is 10.6. The van der Waals surface area contributed by atoms with Gasteiger partial charge in [0.15, 0.2) is 0 Å². The lowest BCUT2D eigenvalue weighted by atomic mass is 9.91. The Bertz CT molecular complexity index is 3120. The molecular formula is C47H30N2O3. The summed E-state index contributed by atoms with van der Waals surface area (Å²) in [5, 5.41) is 10.3. The van der Waals surface area contributed by atoms with E-state index in [0.717, 1.165) is 111 Å². The van der Waals surface area contributed by atoms with E-state index < -0.39 is 0 Å². The van der Waals surface area contributed by atoms with Gasteiger partial charge in [-0.1, -0.05) is 121 Å². The summed E-state index contributed by atoms with van der Waals surface area (Å²) < 4.78 is 19.5. The molecule has 5 nitrogen and oxygen atoms in total. The lowest BCUT2D eigenvalue weighted by molar-refractivity contribution is 0.665. The number of rotatable bonds is 4. The van der Waals surface area contributed by atoms with Crippen molar-refractivity contribution >= 4 is 77.3 Å². The SMILES string of the molecule is CC1=C(c2cccc3oc4c(-c5cccc6c5oc5ccccc56)cccc4c23)N=C(c2ccccc2)NC1c1ccc2oc3ccccc3c2c1. The molecule has 5 heteroatoms. The maximum absolute atomic E-state index is 6.79. The molecule has 1 aliphatic rings. The Morgan fingerprint density at radius 2 is 1.06 bits per heavy atom. The van der Waals surface area contributed by atoms with Gasteiger partial charge in [0.1, 0.15) is 39.3 Å². The van der Waals surface area contributed by atoms with Gasteiger partial charge in [0.25, 0.3) is 0 Å². The Kier molecular flexibility index (Phi) is 6.16. The molecule has 4 heterocycles. The van der Waals surface area contributed by atoms with E-state index in [1.54, 1.807) is 0 Å². The Labute approximate surface area is 298 Å². The minimum absolute atomic E-state index is 0.129. The van der Waals surface area contributed by atoms with Gasteiger partial charge in [0, 0.05) is 54.6 Å². The first-order valence-electron chi connectivity index (χ1n) is 17.6. The number of para-hydroxylation sites is 4. The molecule has 246 valence electrons. The number of benzene rings is 7. The molecule has 3 aromatic heterocycles. The first-order valence-corrected chi connectivity index (χ1v) is 17.6. The maximum Gasteiger partial charge on any atom is 0.143 e. The van der Waals surface area contributed by atoms with Crippen LogP contribution in [0.2, 0.25) is 0 Å². The van der Waals surface area contributed by atoms with Crippen LogP contribution in [0.3, 0.4) is 0 Å². The fourth-order valence-electron chi connectivity index (χ4n) is 8.10. The van der Waals surface area contributed by atoms with E-state index in [0.29, 0.717) is 0 Å². The van der Waals surface area contributed by atoms with Crippen molar-refractivity contribution in [1.29, 1.82) is 0 Å². The molecule has 1 N–H and O–H groups in total. The highest BCUT2D eigenvalue weighted by atomic mass is 16.3. The highest BCUT2D eigenvalue weighted by Crippen LogP contribution is 2.45. The average molecular weight is 671 g/mol. The number of furan rings is 3. The van der Waals surface area contributed by atoms with Crippen LogP contribution in [0.15, 0.2) is 175 Å². The molecule has 52 heavy (non-hydrogen) atoms. The molecule has 0 saturated carbocycles. The number of nitrogens with zero attached hydrogens (tertiary/aromatic N) is 1. The standard InChI is InChI=1S/C47H30N2O3/c1-27-43(29-24-25-40-37(26-29)31-15-6-7-21-38(31)50-40)48-47(28-12-3-2-4-13-28)49-44(27)35-19-11-23-41-42(35)36-20-10-18-34(46(36)52-41)33-17-9-16-32-30-14-5-8-22-39(30)51-45(32)33/h2-26,43H,1H3,(H,48,49). The summed E-state index contributed by atoms with van der Waals surface area (Å²) in [5.41, 5.74) is 12.4. The average Bonchev–Trinajstić information content (AvgIpc) is 3.89. The number of amidine groups is 1. The lowest BCUT2D eigenvalue weighted by Gasteiger charge is -2.29. The van der Waals surface area contributed by atoms with Crippen LogP contribution in [0.1, 0.15) is 29.7 Å². The second-order valence-corrected chi connectivity index (χ2v) is 13.5. The Hall–Kier alpha value is -6.85. The molecule has 7 aromatic carbocycles. The molecule has 0 spiro atoms. The first-order chi connectivity index (χ1) is 25.7. The van der Waals surface area contributed by atoms with Gasteiger partial charge in [-0.3, -0.25) is 0 Å². The Balaban J connectivity index is 1.13. The van der Waals surface area contributed by atoms with Gasteiger partial charge in [-0.25, -0.2) is 4.99 Å². The molecule has 0 aliphatic carbocycles. The quantitative estimate of drug-likeness (QED) is 0.202. The van der Waals surface area contributed by atoms with Gasteiger partial charge in [-0.05, 0) is 48.4 Å². The normalized spacial score (nSPS) is 15.0. The van der Waals surface area contributed by atoms with Crippen LogP contribution in [-0.4, -0.2) is 5.84 Å². The van der Waals surface area contributed by atoms with Crippen molar-refractivity contribution in [2.45, 2.75) is 13.0 Å².